The lowest BCUT2D eigenvalue weighted by Gasteiger charge is -2.18. The monoisotopic (exact) mass is 341 g/mol. The summed E-state index contributed by atoms with van der Waals surface area (Å²) >= 11 is 0. The van der Waals surface area contributed by atoms with Gasteiger partial charge in [-0.15, -0.1) is 0 Å². The average molecular weight is 341 g/mol. The number of benzene rings is 1. The van der Waals surface area contributed by atoms with Gasteiger partial charge in [-0.3, -0.25) is 0 Å². The predicted octanol–water partition coefficient (Wildman–Crippen LogP) is 2.97. The molecule has 0 saturated carbocycles. The highest BCUT2D eigenvalue weighted by molar-refractivity contribution is 7.89. The maximum absolute atomic E-state index is 12.7. The van der Waals surface area contributed by atoms with E-state index in [1.165, 1.54) is 0 Å². The fraction of sp³-hybridized carbons (Fsp3) is 0.647. The molecule has 1 aromatic carbocycles. The minimum absolute atomic E-state index is 0.0321. The van der Waals surface area contributed by atoms with Crippen LogP contribution in [0.2, 0.25) is 0 Å². The van der Waals surface area contributed by atoms with Crippen molar-refractivity contribution in [2.24, 2.45) is 0 Å². The molecule has 1 aliphatic rings. The Labute approximate surface area is 139 Å². The molecule has 6 heteroatoms. The van der Waals surface area contributed by atoms with Gasteiger partial charge in [0.2, 0.25) is 10.0 Å². The second-order valence-electron chi connectivity index (χ2n) is 6.23. The van der Waals surface area contributed by atoms with Crippen molar-refractivity contribution in [3.05, 3.63) is 23.3 Å². The van der Waals surface area contributed by atoms with Gasteiger partial charge < -0.3 is 9.47 Å². The normalized spacial score (nSPS) is 18.6. The summed E-state index contributed by atoms with van der Waals surface area (Å²) in [6, 6.07) is 3.56. The van der Waals surface area contributed by atoms with E-state index in [-0.39, 0.29) is 16.9 Å². The van der Waals surface area contributed by atoms with Crippen LogP contribution < -0.4 is 9.46 Å². The van der Waals surface area contributed by atoms with Crippen LogP contribution in [0.25, 0.3) is 0 Å². The topological polar surface area (TPSA) is 64.6 Å². The molecule has 1 aromatic rings. The van der Waals surface area contributed by atoms with Crippen molar-refractivity contribution in [1.29, 1.82) is 0 Å². The zero-order valence-corrected chi connectivity index (χ0v) is 15.2. The van der Waals surface area contributed by atoms with Gasteiger partial charge in [0.1, 0.15) is 10.6 Å². The molecule has 0 spiro atoms. The van der Waals surface area contributed by atoms with Crippen LogP contribution in [0.1, 0.15) is 50.7 Å². The van der Waals surface area contributed by atoms with E-state index in [1.807, 2.05) is 19.9 Å². The predicted molar refractivity (Wildman–Crippen MR) is 90.6 cm³/mol. The molecule has 1 saturated heterocycles. The highest BCUT2D eigenvalue weighted by Gasteiger charge is 2.24. The van der Waals surface area contributed by atoms with E-state index in [1.54, 1.807) is 6.07 Å². The molecule has 1 fully saturated rings. The van der Waals surface area contributed by atoms with Crippen molar-refractivity contribution in [1.82, 2.24) is 4.72 Å². The van der Waals surface area contributed by atoms with Crippen molar-refractivity contribution < 1.29 is 17.9 Å². The van der Waals surface area contributed by atoms with Crippen LogP contribution >= 0.6 is 0 Å². The molecule has 0 radical (unpaired) electrons. The molecular weight excluding hydrogens is 314 g/mol. The van der Waals surface area contributed by atoms with Gasteiger partial charge in [-0.1, -0.05) is 13.8 Å². The summed E-state index contributed by atoms with van der Waals surface area (Å²) in [5, 5.41) is 0. The Hall–Kier alpha value is -1.11. The van der Waals surface area contributed by atoms with Crippen LogP contribution in [0, 0.1) is 6.92 Å². The Balaban J connectivity index is 2.31. The molecule has 1 heterocycles. The number of aryl methyl sites for hydroxylation is 1. The van der Waals surface area contributed by atoms with Gasteiger partial charge in [-0.05, 0) is 55.9 Å². The summed E-state index contributed by atoms with van der Waals surface area (Å²) in [6.45, 7) is 9.37. The number of hydrogen-bond acceptors (Lipinski definition) is 4. The molecule has 0 amide bonds. The Kier molecular flexibility index (Phi) is 6.06. The SMILES string of the molecule is CCOc1cc(C)c(C(C)C)cc1S(=O)(=O)NCC1CCCO1. The van der Waals surface area contributed by atoms with Crippen molar-refractivity contribution in [3.63, 3.8) is 0 Å². The zero-order chi connectivity index (χ0) is 17.0. The number of rotatable bonds is 7. The van der Waals surface area contributed by atoms with E-state index in [2.05, 4.69) is 18.6 Å². The largest absolute Gasteiger partial charge is 0.492 e. The minimum atomic E-state index is -3.63. The number of ether oxygens (including phenoxy) is 2. The summed E-state index contributed by atoms with van der Waals surface area (Å²) in [7, 11) is -3.63. The minimum Gasteiger partial charge on any atom is -0.492 e. The molecule has 1 unspecified atom stereocenters. The molecule has 0 aromatic heterocycles. The molecule has 130 valence electrons. The Morgan fingerprint density at radius 1 is 1.39 bits per heavy atom. The third-order valence-corrected chi connectivity index (χ3v) is 5.51. The third kappa shape index (κ3) is 4.46. The summed E-state index contributed by atoms with van der Waals surface area (Å²) < 4.78 is 39.2. The molecule has 23 heavy (non-hydrogen) atoms. The number of nitrogens with one attached hydrogen (secondary N) is 1. The maximum atomic E-state index is 12.7. The molecule has 1 N–H and O–H groups in total. The van der Waals surface area contributed by atoms with E-state index < -0.39 is 10.0 Å². The summed E-state index contributed by atoms with van der Waals surface area (Å²) in [6.07, 6.45) is 1.85. The van der Waals surface area contributed by atoms with Crippen LogP contribution in [0.5, 0.6) is 5.75 Å². The van der Waals surface area contributed by atoms with Crippen molar-refractivity contribution in [2.75, 3.05) is 19.8 Å². The molecule has 1 aliphatic heterocycles. The Morgan fingerprint density at radius 2 is 2.13 bits per heavy atom. The first kappa shape index (κ1) is 18.2. The van der Waals surface area contributed by atoms with E-state index in [0.717, 1.165) is 24.0 Å². The van der Waals surface area contributed by atoms with Crippen LogP contribution in [-0.4, -0.2) is 34.3 Å². The van der Waals surface area contributed by atoms with E-state index in [4.69, 9.17) is 9.47 Å². The van der Waals surface area contributed by atoms with Crippen molar-refractivity contribution in [3.8, 4) is 5.75 Å². The third-order valence-electron chi connectivity index (χ3n) is 4.07. The fourth-order valence-corrected chi connectivity index (χ4v) is 4.09. The van der Waals surface area contributed by atoms with Crippen molar-refractivity contribution in [2.45, 2.75) is 57.5 Å². The van der Waals surface area contributed by atoms with E-state index in [0.29, 0.717) is 25.5 Å². The first-order valence-corrected chi connectivity index (χ1v) is 9.72. The maximum Gasteiger partial charge on any atom is 0.244 e. The molecule has 5 nitrogen and oxygen atoms in total. The smallest absolute Gasteiger partial charge is 0.244 e. The number of sulfonamides is 1. The quantitative estimate of drug-likeness (QED) is 0.828. The summed E-state index contributed by atoms with van der Waals surface area (Å²) in [5.41, 5.74) is 2.06. The molecular formula is C17H27NO4S. The lowest BCUT2D eigenvalue weighted by molar-refractivity contribution is 0.114. The average Bonchev–Trinajstić information content (AvgIpc) is 2.98. The zero-order valence-electron chi connectivity index (χ0n) is 14.4. The van der Waals surface area contributed by atoms with E-state index >= 15 is 0 Å². The van der Waals surface area contributed by atoms with Gasteiger partial charge >= 0.3 is 0 Å². The van der Waals surface area contributed by atoms with Crippen LogP contribution in [-0.2, 0) is 14.8 Å². The van der Waals surface area contributed by atoms with Crippen LogP contribution in [0.3, 0.4) is 0 Å². The summed E-state index contributed by atoms with van der Waals surface area (Å²) in [4.78, 5) is 0.214. The molecule has 1 atom stereocenters. The molecule has 0 aliphatic carbocycles. The van der Waals surface area contributed by atoms with E-state index in [9.17, 15) is 8.42 Å². The van der Waals surface area contributed by atoms with Gasteiger partial charge in [0, 0.05) is 13.2 Å². The standard InChI is InChI=1S/C17H27NO4S/c1-5-21-16-9-13(4)15(12(2)3)10-17(16)23(19,20)18-11-14-7-6-8-22-14/h9-10,12,14,18H,5-8,11H2,1-4H3. The van der Waals surface area contributed by atoms with Gasteiger partial charge in [-0.2, -0.15) is 0 Å². The molecule has 0 bridgehead atoms. The van der Waals surface area contributed by atoms with Gasteiger partial charge in [0.25, 0.3) is 0 Å². The lowest BCUT2D eigenvalue weighted by atomic mass is 9.98. The first-order valence-electron chi connectivity index (χ1n) is 8.23. The highest BCUT2D eigenvalue weighted by Crippen LogP contribution is 2.31. The highest BCUT2D eigenvalue weighted by atomic mass is 32.2. The Morgan fingerprint density at radius 3 is 2.70 bits per heavy atom. The summed E-state index contributed by atoms with van der Waals surface area (Å²) in [5.74, 6) is 0.659. The van der Waals surface area contributed by atoms with Crippen LogP contribution in [0.15, 0.2) is 17.0 Å². The molecule has 2 rings (SSSR count). The number of hydrogen-bond donors (Lipinski definition) is 1. The fourth-order valence-electron chi connectivity index (χ4n) is 2.86. The van der Waals surface area contributed by atoms with Gasteiger partial charge in [-0.25, -0.2) is 13.1 Å². The Bertz CT molecular complexity index is 634. The van der Waals surface area contributed by atoms with Crippen molar-refractivity contribution >= 4 is 10.0 Å². The second kappa shape index (κ2) is 7.64. The van der Waals surface area contributed by atoms with Gasteiger partial charge in [0.15, 0.2) is 0 Å². The van der Waals surface area contributed by atoms with Crippen LogP contribution in [0.4, 0.5) is 0 Å². The second-order valence-corrected chi connectivity index (χ2v) is 7.97. The lowest BCUT2D eigenvalue weighted by Crippen LogP contribution is -2.32. The van der Waals surface area contributed by atoms with Gasteiger partial charge in [0.05, 0.1) is 12.7 Å². The first-order chi connectivity index (χ1) is 10.8.